The number of amides is 1. The number of primary amides is 1. The maximum atomic E-state index is 13.2. The van der Waals surface area contributed by atoms with Crippen molar-refractivity contribution in [3.8, 4) is 0 Å². The average Bonchev–Trinajstić information content (AvgIpc) is 2.15. The van der Waals surface area contributed by atoms with E-state index in [-0.39, 0.29) is 12.1 Å². The van der Waals surface area contributed by atoms with Crippen molar-refractivity contribution in [1.29, 1.82) is 0 Å². The fourth-order valence-electron chi connectivity index (χ4n) is 0.994. The van der Waals surface area contributed by atoms with Crippen LogP contribution in [0, 0.1) is 5.82 Å². The minimum absolute atomic E-state index is 0.156. The topological polar surface area (TPSA) is 64.3 Å². The molecule has 4 nitrogen and oxygen atoms in total. The van der Waals surface area contributed by atoms with Crippen LogP contribution in [-0.4, -0.2) is 13.0 Å². The molecule has 1 amide bonds. The monoisotopic (exact) mass is 198 g/mol. The summed E-state index contributed by atoms with van der Waals surface area (Å²) in [7, 11) is 1.44. The van der Waals surface area contributed by atoms with E-state index in [0.29, 0.717) is 5.56 Å². The molecule has 0 aromatic heterocycles. The van der Waals surface area contributed by atoms with E-state index in [1.54, 1.807) is 0 Å². The molecule has 1 aromatic carbocycles. The second-order valence-electron chi connectivity index (χ2n) is 2.70. The minimum atomic E-state index is -0.643. The van der Waals surface area contributed by atoms with Gasteiger partial charge in [-0.25, -0.2) is 4.39 Å². The molecule has 0 bridgehead atoms. The normalized spacial score (nSPS) is 10.1. The molecule has 0 atom stereocenters. The first-order valence-corrected chi connectivity index (χ1v) is 3.99. The van der Waals surface area contributed by atoms with Gasteiger partial charge in [-0.1, -0.05) is 6.07 Å². The number of hydrogen-bond acceptors (Lipinski definition) is 3. The summed E-state index contributed by atoms with van der Waals surface area (Å²) in [6.45, 7) is 0.237. The number of hydroxylamine groups is 1. The summed E-state index contributed by atoms with van der Waals surface area (Å²) in [5.41, 5.74) is 8.05. The van der Waals surface area contributed by atoms with Crippen LogP contribution < -0.4 is 11.2 Å². The fraction of sp³-hybridized carbons (Fsp3) is 0.222. The molecule has 0 spiro atoms. The third-order valence-electron chi connectivity index (χ3n) is 1.74. The highest BCUT2D eigenvalue weighted by atomic mass is 19.1. The Morgan fingerprint density at radius 3 is 2.86 bits per heavy atom. The van der Waals surface area contributed by atoms with Crippen LogP contribution in [0.15, 0.2) is 18.2 Å². The van der Waals surface area contributed by atoms with Crippen molar-refractivity contribution in [2.24, 2.45) is 5.73 Å². The number of rotatable bonds is 4. The summed E-state index contributed by atoms with van der Waals surface area (Å²) in [6, 6.07) is 4.06. The van der Waals surface area contributed by atoms with Gasteiger partial charge in [0.05, 0.1) is 7.11 Å². The van der Waals surface area contributed by atoms with Crippen molar-refractivity contribution in [1.82, 2.24) is 5.48 Å². The SMILES string of the molecule is CONCc1ccc(C(N)=O)cc1F. The van der Waals surface area contributed by atoms with Crippen LogP contribution in [0.3, 0.4) is 0 Å². The second kappa shape index (κ2) is 4.69. The van der Waals surface area contributed by atoms with Gasteiger partial charge in [0.1, 0.15) is 5.82 Å². The van der Waals surface area contributed by atoms with Crippen LogP contribution in [0.1, 0.15) is 15.9 Å². The predicted molar refractivity (Wildman–Crippen MR) is 48.8 cm³/mol. The Morgan fingerprint density at radius 2 is 2.36 bits per heavy atom. The third-order valence-corrected chi connectivity index (χ3v) is 1.74. The predicted octanol–water partition coefficient (Wildman–Crippen LogP) is 0.576. The number of halogens is 1. The zero-order chi connectivity index (χ0) is 10.6. The van der Waals surface area contributed by atoms with E-state index in [4.69, 9.17) is 5.73 Å². The van der Waals surface area contributed by atoms with E-state index >= 15 is 0 Å². The Kier molecular flexibility index (Phi) is 3.55. The Morgan fingerprint density at radius 1 is 1.64 bits per heavy atom. The summed E-state index contributed by atoms with van der Waals surface area (Å²) in [5, 5.41) is 0. The molecule has 0 aliphatic carbocycles. The first kappa shape index (κ1) is 10.6. The van der Waals surface area contributed by atoms with Crippen molar-refractivity contribution < 1.29 is 14.0 Å². The number of nitrogens with one attached hydrogen (secondary N) is 1. The molecule has 1 rings (SSSR count). The minimum Gasteiger partial charge on any atom is -0.366 e. The van der Waals surface area contributed by atoms with Crippen molar-refractivity contribution in [3.05, 3.63) is 35.1 Å². The number of nitrogens with two attached hydrogens (primary N) is 1. The summed E-state index contributed by atoms with van der Waals surface area (Å²) in [5.74, 6) is -1.12. The van der Waals surface area contributed by atoms with Gasteiger partial charge in [0.25, 0.3) is 0 Å². The van der Waals surface area contributed by atoms with E-state index < -0.39 is 11.7 Å². The van der Waals surface area contributed by atoms with E-state index in [9.17, 15) is 9.18 Å². The summed E-state index contributed by atoms with van der Waals surface area (Å²) < 4.78 is 13.2. The van der Waals surface area contributed by atoms with Crippen LogP contribution in [0.2, 0.25) is 0 Å². The first-order valence-electron chi connectivity index (χ1n) is 3.99. The molecule has 5 heteroatoms. The van der Waals surface area contributed by atoms with Crippen molar-refractivity contribution >= 4 is 5.91 Å². The molecule has 0 saturated carbocycles. The maximum absolute atomic E-state index is 13.2. The molecule has 0 saturated heterocycles. The van der Waals surface area contributed by atoms with Gasteiger partial charge in [0.15, 0.2) is 0 Å². The molecule has 3 N–H and O–H groups in total. The average molecular weight is 198 g/mol. The van der Waals surface area contributed by atoms with Crippen LogP contribution in [-0.2, 0) is 11.4 Å². The molecule has 0 fully saturated rings. The summed E-state index contributed by atoms with van der Waals surface area (Å²) in [6.07, 6.45) is 0. The molecule has 14 heavy (non-hydrogen) atoms. The summed E-state index contributed by atoms with van der Waals surface area (Å²) in [4.78, 5) is 15.3. The smallest absolute Gasteiger partial charge is 0.248 e. The lowest BCUT2D eigenvalue weighted by Crippen LogP contribution is -2.14. The van der Waals surface area contributed by atoms with Gasteiger partial charge < -0.3 is 10.6 Å². The van der Waals surface area contributed by atoms with E-state index in [1.165, 1.54) is 19.2 Å². The zero-order valence-electron chi connectivity index (χ0n) is 7.71. The first-order chi connectivity index (χ1) is 6.65. The maximum Gasteiger partial charge on any atom is 0.248 e. The number of hydrogen-bond donors (Lipinski definition) is 2. The molecule has 0 aliphatic rings. The Hall–Kier alpha value is -1.46. The fourth-order valence-corrected chi connectivity index (χ4v) is 0.994. The van der Waals surface area contributed by atoms with Crippen LogP contribution in [0.5, 0.6) is 0 Å². The van der Waals surface area contributed by atoms with E-state index in [0.717, 1.165) is 6.07 Å². The van der Waals surface area contributed by atoms with E-state index in [2.05, 4.69) is 10.3 Å². The highest BCUT2D eigenvalue weighted by Gasteiger charge is 2.06. The van der Waals surface area contributed by atoms with Gasteiger partial charge in [0, 0.05) is 17.7 Å². The van der Waals surface area contributed by atoms with Gasteiger partial charge in [-0.2, -0.15) is 5.48 Å². The highest BCUT2D eigenvalue weighted by molar-refractivity contribution is 5.92. The summed E-state index contributed by atoms with van der Waals surface area (Å²) >= 11 is 0. The van der Waals surface area contributed by atoms with Gasteiger partial charge >= 0.3 is 0 Å². The van der Waals surface area contributed by atoms with Gasteiger partial charge in [-0.05, 0) is 12.1 Å². The lowest BCUT2D eigenvalue weighted by Gasteiger charge is -2.04. The quantitative estimate of drug-likeness (QED) is 0.695. The molecule has 0 radical (unpaired) electrons. The van der Waals surface area contributed by atoms with Crippen LogP contribution in [0.4, 0.5) is 4.39 Å². The van der Waals surface area contributed by atoms with Gasteiger partial charge in [-0.15, -0.1) is 0 Å². The number of carbonyl (C=O) groups is 1. The Bertz CT molecular complexity index is 342. The van der Waals surface area contributed by atoms with Crippen molar-refractivity contribution in [2.75, 3.05) is 7.11 Å². The van der Waals surface area contributed by atoms with Gasteiger partial charge in [0.2, 0.25) is 5.91 Å². The molecule has 0 unspecified atom stereocenters. The largest absolute Gasteiger partial charge is 0.366 e. The van der Waals surface area contributed by atoms with Crippen molar-refractivity contribution in [3.63, 3.8) is 0 Å². The zero-order valence-corrected chi connectivity index (χ0v) is 7.71. The third kappa shape index (κ3) is 2.51. The molecular weight excluding hydrogens is 187 g/mol. The Labute approximate surface area is 80.8 Å². The van der Waals surface area contributed by atoms with Gasteiger partial charge in [-0.3, -0.25) is 4.79 Å². The van der Waals surface area contributed by atoms with Crippen LogP contribution >= 0.6 is 0 Å². The molecule has 76 valence electrons. The Balaban J connectivity index is 2.84. The van der Waals surface area contributed by atoms with Crippen molar-refractivity contribution in [2.45, 2.75) is 6.54 Å². The molecule has 0 aliphatic heterocycles. The molecule has 0 heterocycles. The standard InChI is InChI=1S/C9H11FN2O2/c1-14-12-5-7-3-2-6(9(11)13)4-8(7)10/h2-4,12H,5H2,1H3,(H2,11,13). The lowest BCUT2D eigenvalue weighted by molar-refractivity contribution is 0.0859. The second-order valence-corrected chi connectivity index (χ2v) is 2.70. The number of benzene rings is 1. The molecular formula is C9H11FN2O2. The highest BCUT2D eigenvalue weighted by Crippen LogP contribution is 2.09. The van der Waals surface area contributed by atoms with Crippen LogP contribution in [0.25, 0.3) is 0 Å². The lowest BCUT2D eigenvalue weighted by atomic mass is 10.1. The number of carbonyl (C=O) groups excluding carboxylic acids is 1. The van der Waals surface area contributed by atoms with E-state index in [1.807, 2.05) is 0 Å². The molecule has 1 aromatic rings.